The van der Waals surface area contributed by atoms with Gasteiger partial charge in [-0.05, 0) is 45.6 Å². The van der Waals surface area contributed by atoms with Gasteiger partial charge in [-0.25, -0.2) is 4.79 Å². The second-order valence-electron chi connectivity index (χ2n) is 7.67. The molecule has 0 aromatic carbocycles. The molecule has 0 radical (unpaired) electrons. The molecule has 0 aliphatic carbocycles. The topological polar surface area (TPSA) is 93.7 Å². The number of hydrogen-bond acceptors (Lipinski definition) is 3. The van der Waals surface area contributed by atoms with Crippen molar-refractivity contribution in [2.75, 3.05) is 26.2 Å². The van der Waals surface area contributed by atoms with Crippen molar-refractivity contribution in [1.29, 1.82) is 0 Å². The predicted octanol–water partition coefficient (Wildman–Crippen LogP) is 2.19. The van der Waals surface area contributed by atoms with Crippen LogP contribution in [0.15, 0.2) is 0 Å². The molecule has 1 spiro atoms. The van der Waals surface area contributed by atoms with E-state index in [2.05, 4.69) is 4.98 Å². The number of hydrogen-bond donors (Lipinski definition) is 2. The summed E-state index contributed by atoms with van der Waals surface area (Å²) in [5, 5.41) is 9.28. The first-order valence-corrected chi connectivity index (χ1v) is 9.27. The van der Waals surface area contributed by atoms with Crippen molar-refractivity contribution < 1.29 is 19.5 Å². The lowest BCUT2D eigenvalue weighted by atomic mass is 9.73. The second kappa shape index (κ2) is 6.78. The number of piperidine rings is 2. The quantitative estimate of drug-likeness (QED) is 0.863. The SMILES string of the molecule is CCN1C[C@@]2(CCCN(C(=O)c3c(C)[nH]c(C(=O)O)c3C)C2)CCC1=O. The Labute approximate surface area is 153 Å². The van der Waals surface area contributed by atoms with Gasteiger partial charge in [-0.1, -0.05) is 0 Å². The van der Waals surface area contributed by atoms with Gasteiger partial charge in [0.25, 0.3) is 5.91 Å². The molecule has 0 saturated carbocycles. The van der Waals surface area contributed by atoms with Crippen molar-refractivity contribution in [3.05, 3.63) is 22.5 Å². The maximum atomic E-state index is 13.2. The molecule has 2 saturated heterocycles. The van der Waals surface area contributed by atoms with Gasteiger partial charge in [0.15, 0.2) is 0 Å². The van der Waals surface area contributed by atoms with Crippen LogP contribution in [0.25, 0.3) is 0 Å². The van der Waals surface area contributed by atoms with Crippen LogP contribution in [0.5, 0.6) is 0 Å². The third kappa shape index (κ3) is 3.10. The van der Waals surface area contributed by atoms with Gasteiger partial charge in [-0.2, -0.15) is 0 Å². The second-order valence-corrected chi connectivity index (χ2v) is 7.67. The number of carboxylic acids is 1. The maximum Gasteiger partial charge on any atom is 0.352 e. The highest BCUT2D eigenvalue weighted by Crippen LogP contribution is 2.39. The van der Waals surface area contributed by atoms with E-state index in [0.29, 0.717) is 49.4 Å². The van der Waals surface area contributed by atoms with Gasteiger partial charge in [0.1, 0.15) is 5.69 Å². The predicted molar refractivity (Wildman–Crippen MR) is 96.3 cm³/mol. The number of nitrogens with zero attached hydrogens (tertiary/aromatic N) is 2. The number of aromatic nitrogens is 1. The molecule has 26 heavy (non-hydrogen) atoms. The lowest BCUT2D eigenvalue weighted by Gasteiger charge is -2.48. The molecular formula is C19H27N3O4. The number of rotatable bonds is 3. The standard InChI is InChI=1S/C19H27N3O4/c1-4-21-10-19(8-6-14(21)23)7-5-9-22(11-19)17(24)15-12(2)16(18(25)26)20-13(15)3/h20H,4-11H2,1-3H3,(H,25,26)/t19-/m1/s1. The zero-order chi connectivity index (χ0) is 19.1. The van der Waals surface area contributed by atoms with Crippen molar-refractivity contribution in [3.8, 4) is 0 Å². The summed E-state index contributed by atoms with van der Waals surface area (Å²) in [5.74, 6) is -0.961. The molecule has 0 unspecified atom stereocenters. The van der Waals surface area contributed by atoms with Crippen LogP contribution in [0.3, 0.4) is 0 Å². The van der Waals surface area contributed by atoms with Crippen molar-refractivity contribution in [2.24, 2.45) is 5.41 Å². The van der Waals surface area contributed by atoms with Crippen LogP contribution in [0.4, 0.5) is 0 Å². The molecule has 142 valence electrons. The fourth-order valence-electron chi connectivity index (χ4n) is 4.55. The van der Waals surface area contributed by atoms with Crippen LogP contribution in [0.2, 0.25) is 0 Å². The van der Waals surface area contributed by atoms with E-state index in [1.54, 1.807) is 13.8 Å². The third-order valence-corrected chi connectivity index (χ3v) is 5.94. The molecule has 1 atom stereocenters. The van der Waals surface area contributed by atoms with E-state index < -0.39 is 5.97 Å². The summed E-state index contributed by atoms with van der Waals surface area (Å²) in [6.45, 7) is 8.12. The number of nitrogens with one attached hydrogen (secondary N) is 1. The number of carbonyl (C=O) groups excluding carboxylic acids is 2. The highest BCUT2D eigenvalue weighted by Gasteiger charge is 2.43. The van der Waals surface area contributed by atoms with Crippen LogP contribution in [0.1, 0.15) is 64.7 Å². The Balaban J connectivity index is 1.83. The number of likely N-dealkylation sites (tertiary alicyclic amines) is 2. The van der Waals surface area contributed by atoms with Crippen LogP contribution in [0, 0.1) is 19.3 Å². The van der Waals surface area contributed by atoms with Gasteiger partial charge in [0, 0.05) is 43.7 Å². The van der Waals surface area contributed by atoms with Gasteiger partial charge < -0.3 is 19.9 Å². The number of aryl methyl sites for hydroxylation is 1. The molecule has 3 rings (SSSR count). The molecule has 2 N–H and O–H groups in total. The normalized spacial score (nSPS) is 23.6. The van der Waals surface area contributed by atoms with Gasteiger partial charge in [0.2, 0.25) is 5.91 Å². The van der Waals surface area contributed by atoms with Crippen molar-refractivity contribution in [1.82, 2.24) is 14.8 Å². The minimum atomic E-state index is -1.05. The zero-order valence-electron chi connectivity index (χ0n) is 15.7. The van der Waals surface area contributed by atoms with E-state index in [1.165, 1.54) is 0 Å². The van der Waals surface area contributed by atoms with E-state index >= 15 is 0 Å². The fraction of sp³-hybridized carbons (Fsp3) is 0.632. The average molecular weight is 361 g/mol. The Hall–Kier alpha value is -2.31. The van der Waals surface area contributed by atoms with Gasteiger partial charge >= 0.3 is 5.97 Å². The number of carboxylic acid groups (broad SMARTS) is 1. The lowest BCUT2D eigenvalue weighted by Crippen LogP contribution is -2.55. The Morgan fingerprint density at radius 2 is 1.96 bits per heavy atom. The summed E-state index contributed by atoms with van der Waals surface area (Å²) in [6.07, 6.45) is 3.29. The van der Waals surface area contributed by atoms with Crippen LogP contribution in [-0.4, -0.2) is 63.9 Å². The van der Waals surface area contributed by atoms with E-state index in [0.717, 1.165) is 19.3 Å². The van der Waals surface area contributed by atoms with Crippen LogP contribution >= 0.6 is 0 Å². The van der Waals surface area contributed by atoms with E-state index in [1.807, 2.05) is 16.7 Å². The molecule has 7 heteroatoms. The van der Waals surface area contributed by atoms with Crippen LogP contribution < -0.4 is 0 Å². The first-order chi connectivity index (χ1) is 12.3. The Bertz CT molecular complexity index is 754. The first kappa shape index (κ1) is 18.5. The molecule has 3 heterocycles. The van der Waals surface area contributed by atoms with E-state index in [9.17, 15) is 19.5 Å². The molecule has 2 fully saturated rings. The molecule has 1 aromatic heterocycles. The zero-order valence-corrected chi connectivity index (χ0v) is 15.7. The van der Waals surface area contributed by atoms with Gasteiger partial charge in [0.05, 0.1) is 5.56 Å². The first-order valence-electron chi connectivity index (χ1n) is 9.27. The van der Waals surface area contributed by atoms with Crippen molar-refractivity contribution in [2.45, 2.75) is 46.5 Å². The Morgan fingerprint density at radius 3 is 2.58 bits per heavy atom. The fourth-order valence-corrected chi connectivity index (χ4v) is 4.55. The summed E-state index contributed by atoms with van der Waals surface area (Å²) < 4.78 is 0. The van der Waals surface area contributed by atoms with Crippen molar-refractivity contribution >= 4 is 17.8 Å². The van der Waals surface area contributed by atoms with Gasteiger partial charge in [-0.15, -0.1) is 0 Å². The number of aromatic amines is 1. The maximum absolute atomic E-state index is 13.2. The Kier molecular flexibility index (Phi) is 4.82. The largest absolute Gasteiger partial charge is 0.477 e. The number of carbonyl (C=O) groups is 3. The van der Waals surface area contributed by atoms with E-state index in [4.69, 9.17) is 0 Å². The lowest BCUT2D eigenvalue weighted by molar-refractivity contribution is -0.138. The highest BCUT2D eigenvalue weighted by atomic mass is 16.4. The monoisotopic (exact) mass is 361 g/mol. The summed E-state index contributed by atoms with van der Waals surface area (Å²) in [5.41, 5.74) is 1.61. The summed E-state index contributed by atoms with van der Waals surface area (Å²) in [6, 6.07) is 0. The number of H-pyrrole nitrogens is 1. The van der Waals surface area contributed by atoms with E-state index in [-0.39, 0.29) is 22.9 Å². The third-order valence-electron chi connectivity index (χ3n) is 5.94. The van der Waals surface area contributed by atoms with Gasteiger partial charge in [-0.3, -0.25) is 9.59 Å². The highest BCUT2D eigenvalue weighted by molar-refractivity contribution is 6.00. The number of aromatic carboxylic acids is 1. The van der Waals surface area contributed by atoms with Crippen LogP contribution in [-0.2, 0) is 4.79 Å². The molecule has 0 bridgehead atoms. The smallest absolute Gasteiger partial charge is 0.352 e. The molecule has 7 nitrogen and oxygen atoms in total. The van der Waals surface area contributed by atoms with Crippen molar-refractivity contribution in [3.63, 3.8) is 0 Å². The molecule has 2 amide bonds. The minimum absolute atomic E-state index is 0.0361. The summed E-state index contributed by atoms with van der Waals surface area (Å²) in [4.78, 5) is 43.1. The summed E-state index contributed by atoms with van der Waals surface area (Å²) in [7, 11) is 0. The average Bonchev–Trinajstić information content (AvgIpc) is 2.91. The molecule has 1 aromatic rings. The Morgan fingerprint density at radius 1 is 1.23 bits per heavy atom. The number of amides is 2. The minimum Gasteiger partial charge on any atom is -0.477 e. The molecular weight excluding hydrogens is 334 g/mol. The summed E-state index contributed by atoms with van der Waals surface area (Å²) >= 11 is 0. The molecule has 2 aliphatic heterocycles. The molecule has 2 aliphatic rings.